The molecule has 3 nitrogen and oxygen atoms in total. The second kappa shape index (κ2) is 5.41. The SMILES string of the molecule is CCOc1cc(CNC2CC2C)ccc1OC. The third-order valence-electron chi connectivity index (χ3n) is 3.21. The first kappa shape index (κ1) is 12.2. The molecule has 2 unspecified atom stereocenters. The minimum Gasteiger partial charge on any atom is -0.493 e. The fourth-order valence-corrected chi connectivity index (χ4v) is 1.95. The molecular formula is C14H21NO2. The van der Waals surface area contributed by atoms with Crippen LogP contribution in [0.25, 0.3) is 0 Å². The summed E-state index contributed by atoms with van der Waals surface area (Å²) >= 11 is 0. The van der Waals surface area contributed by atoms with Crippen LogP contribution in [0.5, 0.6) is 11.5 Å². The Hall–Kier alpha value is -1.22. The molecule has 3 heteroatoms. The minimum atomic E-state index is 0.660. The molecule has 17 heavy (non-hydrogen) atoms. The third kappa shape index (κ3) is 3.13. The van der Waals surface area contributed by atoms with Gasteiger partial charge >= 0.3 is 0 Å². The second-order valence-electron chi connectivity index (χ2n) is 4.62. The summed E-state index contributed by atoms with van der Waals surface area (Å²) in [4.78, 5) is 0. The summed E-state index contributed by atoms with van der Waals surface area (Å²) in [6.07, 6.45) is 1.30. The maximum absolute atomic E-state index is 5.56. The lowest BCUT2D eigenvalue weighted by atomic mass is 10.2. The van der Waals surface area contributed by atoms with E-state index in [2.05, 4.69) is 24.4 Å². The summed E-state index contributed by atoms with van der Waals surface area (Å²) in [6.45, 7) is 5.82. The Labute approximate surface area is 103 Å². The Morgan fingerprint density at radius 2 is 2.12 bits per heavy atom. The van der Waals surface area contributed by atoms with Gasteiger partial charge in [0.2, 0.25) is 0 Å². The Balaban J connectivity index is 1.99. The van der Waals surface area contributed by atoms with Crippen molar-refractivity contribution in [2.75, 3.05) is 13.7 Å². The van der Waals surface area contributed by atoms with Crippen LogP contribution in [0.1, 0.15) is 25.8 Å². The fraction of sp³-hybridized carbons (Fsp3) is 0.571. The van der Waals surface area contributed by atoms with Crippen molar-refractivity contribution in [3.63, 3.8) is 0 Å². The molecule has 0 heterocycles. The van der Waals surface area contributed by atoms with Gasteiger partial charge in [-0.3, -0.25) is 0 Å². The van der Waals surface area contributed by atoms with Gasteiger partial charge in [0.05, 0.1) is 13.7 Å². The fourth-order valence-electron chi connectivity index (χ4n) is 1.95. The van der Waals surface area contributed by atoms with Gasteiger partial charge in [0.1, 0.15) is 0 Å². The van der Waals surface area contributed by atoms with Crippen molar-refractivity contribution >= 4 is 0 Å². The zero-order valence-corrected chi connectivity index (χ0v) is 10.8. The molecule has 1 aromatic rings. The van der Waals surface area contributed by atoms with E-state index in [1.54, 1.807) is 7.11 Å². The van der Waals surface area contributed by atoms with Gasteiger partial charge in [-0.15, -0.1) is 0 Å². The van der Waals surface area contributed by atoms with E-state index in [0.717, 1.165) is 24.0 Å². The van der Waals surface area contributed by atoms with Crippen LogP contribution in [0, 0.1) is 5.92 Å². The molecule has 0 bridgehead atoms. The second-order valence-corrected chi connectivity index (χ2v) is 4.62. The Bertz CT molecular complexity index is 378. The van der Waals surface area contributed by atoms with Crippen LogP contribution in [-0.2, 0) is 6.54 Å². The van der Waals surface area contributed by atoms with Gasteiger partial charge in [-0.25, -0.2) is 0 Å². The van der Waals surface area contributed by atoms with Gasteiger partial charge < -0.3 is 14.8 Å². The van der Waals surface area contributed by atoms with Gasteiger partial charge in [-0.2, -0.15) is 0 Å². The molecule has 1 fully saturated rings. The number of hydrogen-bond donors (Lipinski definition) is 1. The van der Waals surface area contributed by atoms with Crippen LogP contribution in [0.4, 0.5) is 0 Å². The molecule has 1 saturated carbocycles. The lowest BCUT2D eigenvalue weighted by Crippen LogP contribution is -2.17. The number of rotatable bonds is 6. The first-order chi connectivity index (χ1) is 8.24. The average Bonchev–Trinajstić information content (AvgIpc) is 3.03. The molecule has 0 radical (unpaired) electrons. The maximum atomic E-state index is 5.56. The molecule has 2 atom stereocenters. The lowest BCUT2D eigenvalue weighted by molar-refractivity contribution is 0.310. The summed E-state index contributed by atoms with van der Waals surface area (Å²) in [6, 6.07) is 6.81. The maximum Gasteiger partial charge on any atom is 0.161 e. The van der Waals surface area contributed by atoms with Crippen molar-refractivity contribution < 1.29 is 9.47 Å². The number of benzene rings is 1. The van der Waals surface area contributed by atoms with Crippen LogP contribution in [0.15, 0.2) is 18.2 Å². The van der Waals surface area contributed by atoms with Gasteiger partial charge in [-0.1, -0.05) is 13.0 Å². The largest absolute Gasteiger partial charge is 0.493 e. The number of hydrogen-bond acceptors (Lipinski definition) is 3. The van der Waals surface area contributed by atoms with E-state index in [1.165, 1.54) is 12.0 Å². The molecule has 2 rings (SSSR count). The van der Waals surface area contributed by atoms with E-state index >= 15 is 0 Å². The average molecular weight is 235 g/mol. The minimum absolute atomic E-state index is 0.660. The standard InChI is InChI=1S/C14H21NO2/c1-4-17-14-8-11(5-6-13(14)16-3)9-15-12-7-10(12)2/h5-6,8,10,12,15H,4,7,9H2,1-3H3. The van der Waals surface area contributed by atoms with Gasteiger partial charge in [-0.05, 0) is 37.0 Å². The Morgan fingerprint density at radius 3 is 2.71 bits per heavy atom. The third-order valence-corrected chi connectivity index (χ3v) is 3.21. The molecular weight excluding hydrogens is 214 g/mol. The van der Waals surface area contributed by atoms with Crippen LogP contribution in [0.3, 0.4) is 0 Å². The van der Waals surface area contributed by atoms with E-state index < -0.39 is 0 Å². The predicted octanol–water partition coefficient (Wildman–Crippen LogP) is 2.59. The quantitative estimate of drug-likeness (QED) is 0.822. The molecule has 94 valence electrons. The summed E-state index contributed by atoms with van der Waals surface area (Å²) in [5, 5.41) is 3.53. The van der Waals surface area contributed by atoms with Crippen molar-refractivity contribution in [3.8, 4) is 11.5 Å². The first-order valence-corrected chi connectivity index (χ1v) is 6.27. The van der Waals surface area contributed by atoms with E-state index in [9.17, 15) is 0 Å². The highest BCUT2D eigenvalue weighted by Crippen LogP contribution is 2.31. The molecule has 0 saturated heterocycles. The molecule has 1 aliphatic rings. The lowest BCUT2D eigenvalue weighted by Gasteiger charge is -2.11. The monoisotopic (exact) mass is 235 g/mol. The Kier molecular flexibility index (Phi) is 3.89. The van der Waals surface area contributed by atoms with Crippen molar-refractivity contribution in [2.24, 2.45) is 5.92 Å². The zero-order valence-electron chi connectivity index (χ0n) is 10.8. The van der Waals surface area contributed by atoms with Crippen molar-refractivity contribution in [3.05, 3.63) is 23.8 Å². The highest BCUT2D eigenvalue weighted by molar-refractivity contribution is 5.42. The zero-order chi connectivity index (χ0) is 12.3. The molecule has 0 aliphatic heterocycles. The van der Waals surface area contributed by atoms with Crippen LogP contribution < -0.4 is 14.8 Å². The summed E-state index contributed by atoms with van der Waals surface area (Å²) in [7, 11) is 1.67. The van der Waals surface area contributed by atoms with E-state index in [0.29, 0.717) is 12.6 Å². The van der Waals surface area contributed by atoms with Crippen LogP contribution in [0.2, 0.25) is 0 Å². The molecule has 1 aliphatic carbocycles. The van der Waals surface area contributed by atoms with E-state index in [1.807, 2.05) is 13.0 Å². The van der Waals surface area contributed by atoms with Crippen molar-refractivity contribution in [1.29, 1.82) is 0 Å². The van der Waals surface area contributed by atoms with Gasteiger partial charge in [0, 0.05) is 12.6 Å². The summed E-state index contributed by atoms with van der Waals surface area (Å²) in [5.74, 6) is 2.47. The van der Waals surface area contributed by atoms with Crippen LogP contribution in [-0.4, -0.2) is 19.8 Å². The van der Waals surface area contributed by atoms with Crippen molar-refractivity contribution in [1.82, 2.24) is 5.32 Å². The number of nitrogens with one attached hydrogen (secondary N) is 1. The smallest absolute Gasteiger partial charge is 0.161 e. The van der Waals surface area contributed by atoms with E-state index in [4.69, 9.17) is 9.47 Å². The molecule has 0 spiro atoms. The molecule has 1 N–H and O–H groups in total. The number of ether oxygens (including phenoxy) is 2. The molecule has 0 amide bonds. The summed E-state index contributed by atoms with van der Waals surface area (Å²) < 4.78 is 10.8. The van der Waals surface area contributed by atoms with Crippen LogP contribution >= 0.6 is 0 Å². The first-order valence-electron chi connectivity index (χ1n) is 6.27. The highest BCUT2D eigenvalue weighted by atomic mass is 16.5. The highest BCUT2D eigenvalue weighted by Gasteiger charge is 2.31. The topological polar surface area (TPSA) is 30.5 Å². The van der Waals surface area contributed by atoms with Gasteiger partial charge in [0.25, 0.3) is 0 Å². The predicted molar refractivity (Wildman–Crippen MR) is 68.6 cm³/mol. The van der Waals surface area contributed by atoms with Gasteiger partial charge in [0.15, 0.2) is 11.5 Å². The summed E-state index contributed by atoms with van der Waals surface area (Å²) in [5.41, 5.74) is 1.24. The normalized spacial score (nSPS) is 22.3. The molecule has 1 aromatic carbocycles. The molecule has 0 aromatic heterocycles. The number of methoxy groups -OCH3 is 1. The Morgan fingerprint density at radius 1 is 1.35 bits per heavy atom. The van der Waals surface area contributed by atoms with E-state index in [-0.39, 0.29) is 0 Å². The van der Waals surface area contributed by atoms with Crippen molar-refractivity contribution in [2.45, 2.75) is 32.9 Å².